The highest BCUT2D eigenvalue weighted by Gasteiger charge is 2.34. The summed E-state index contributed by atoms with van der Waals surface area (Å²) in [6.07, 6.45) is 1.66. The van der Waals surface area contributed by atoms with E-state index in [0.717, 1.165) is 16.5 Å². The van der Waals surface area contributed by atoms with Crippen LogP contribution in [0.4, 0.5) is 0 Å². The summed E-state index contributed by atoms with van der Waals surface area (Å²) in [5.41, 5.74) is 1.68. The lowest BCUT2D eigenvalue weighted by molar-refractivity contribution is -0.139. The van der Waals surface area contributed by atoms with Gasteiger partial charge in [0.1, 0.15) is 4.75 Å². The monoisotopic (exact) mass is 277 g/mol. The molecule has 0 aliphatic heterocycles. The van der Waals surface area contributed by atoms with Gasteiger partial charge in [0.2, 0.25) is 0 Å². The number of rotatable bonds is 4. The number of hydrogen-bond acceptors (Lipinski definition) is 3. The summed E-state index contributed by atoms with van der Waals surface area (Å²) in [6.45, 7) is 2.96. The maximum atomic E-state index is 12.2. The van der Waals surface area contributed by atoms with Crippen LogP contribution in [0.5, 0.6) is 0 Å². The van der Waals surface area contributed by atoms with Gasteiger partial charge in [-0.2, -0.15) is 0 Å². The minimum atomic E-state index is -1.49. The van der Waals surface area contributed by atoms with Gasteiger partial charge in [0.05, 0.1) is 11.3 Å². The molecule has 0 fully saturated rings. The molecule has 1 N–H and O–H groups in total. The molecule has 0 saturated carbocycles. The second-order valence-corrected chi connectivity index (χ2v) is 6.79. The summed E-state index contributed by atoms with van der Waals surface area (Å²) < 4.78 is 11.0. The summed E-state index contributed by atoms with van der Waals surface area (Å²) >= 11 is 0. The van der Waals surface area contributed by atoms with Gasteiger partial charge in [-0.15, -0.1) is 0 Å². The Bertz CT molecular complexity index is 647. The fraction of sp³-hybridized carbons (Fsp3) is 0.286. The molecule has 0 saturated heterocycles. The van der Waals surface area contributed by atoms with E-state index < -0.39 is 21.5 Å². The van der Waals surface area contributed by atoms with E-state index in [1.54, 1.807) is 12.3 Å². The van der Waals surface area contributed by atoms with Crippen LogP contribution >= 0.6 is 0 Å². The zero-order valence-corrected chi connectivity index (χ0v) is 11.6. The van der Waals surface area contributed by atoms with Crippen molar-refractivity contribution in [1.82, 2.24) is 4.98 Å². The Morgan fingerprint density at radius 1 is 1.32 bits per heavy atom. The fourth-order valence-electron chi connectivity index (χ4n) is 1.70. The number of fused-ring (bicyclic) bond motifs is 1. The first-order chi connectivity index (χ1) is 8.93. The maximum Gasteiger partial charge on any atom is 0.321 e. The summed E-state index contributed by atoms with van der Waals surface area (Å²) in [4.78, 5) is 15.3. The third kappa shape index (κ3) is 2.66. The molecule has 1 unspecified atom stereocenters. The first-order valence-corrected chi connectivity index (χ1v) is 7.19. The minimum absolute atomic E-state index is 0.211. The fourth-order valence-corrected chi connectivity index (χ4v) is 2.79. The molecular formula is C14H15NO3S. The Hall–Kier alpha value is -1.75. The number of benzene rings is 1. The molecule has 1 aromatic carbocycles. The predicted molar refractivity (Wildman–Crippen MR) is 75.3 cm³/mol. The number of pyridine rings is 1. The van der Waals surface area contributed by atoms with Crippen LogP contribution in [0.15, 0.2) is 36.5 Å². The number of nitrogens with zero attached hydrogens (tertiary/aromatic N) is 1. The van der Waals surface area contributed by atoms with Crippen LogP contribution in [0.1, 0.15) is 19.4 Å². The van der Waals surface area contributed by atoms with Gasteiger partial charge >= 0.3 is 5.97 Å². The molecule has 0 aliphatic carbocycles. The molecule has 1 atom stereocenters. The molecule has 100 valence electrons. The second-order valence-electron chi connectivity index (χ2n) is 4.79. The Balaban J connectivity index is 2.37. The van der Waals surface area contributed by atoms with Crippen molar-refractivity contribution in [3.63, 3.8) is 0 Å². The summed E-state index contributed by atoms with van der Waals surface area (Å²) in [5, 5.41) is 10.0. The molecule has 0 amide bonds. The molecule has 19 heavy (non-hydrogen) atoms. The molecule has 5 heteroatoms. The third-order valence-corrected chi connectivity index (χ3v) is 5.00. The highest BCUT2D eigenvalue weighted by Crippen LogP contribution is 2.22. The molecule has 0 radical (unpaired) electrons. The Morgan fingerprint density at radius 3 is 2.68 bits per heavy atom. The van der Waals surface area contributed by atoms with Gasteiger partial charge in [0, 0.05) is 22.4 Å². The average molecular weight is 277 g/mol. The van der Waals surface area contributed by atoms with Crippen LogP contribution in [0.2, 0.25) is 0 Å². The molecule has 2 aromatic rings. The molecule has 0 aliphatic rings. The van der Waals surface area contributed by atoms with E-state index in [2.05, 4.69) is 4.98 Å². The average Bonchev–Trinajstić information content (AvgIpc) is 2.39. The normalized spacial score (nSPS) is 13.4. The largest absolute Gasteiger partial charge is 0.480 e. The molecule has 0 spiro atoms. The van der Waals surface area contributed by atoms with Crippen LogP contribution in [0.25, 0.3) is 10.9 Å². The number of carboxylic acid groups (broad SMARTS) is 1. The number of aromatic nitrogens is 1. The number of para-hydroxylation sites is 1. The Kier molecular flexibility index (Phi) is 3.66. The smallest absolute Gasteiger partial charge is 0.321 e. The molecule has 1 aromatic heterocycles. The van der Waals surface area contributed by atoms with E-state index >= 15 is 0 Å². The number of hydrogen-bond donors (Lipinski definition) is 1. The van der Waals surface area contributed by atoms with Gasteiger partial charge < -0.3 is 5.11 Å². The van der Waals surface area contributed by atoms with Gasteiger partial charge in [0.25, 0.3) is 0 Å². The van der Waals surface area contributed by atoms with E-state index in [1.807, 2.05) is 24.3 Å². The van der Waals surface area contributed by atoms with Crippen molar-refractivity contribution in [2.24, 2.45) is 0 Å². The summed E-state index contributed by atoms with van der Waals surface area (Å²) in [6, 6.07) is 9.35. The van der Waals surface area contributed by atoms with Crippen molar-refractivity contribution >= 4 is 27.7 Å². The van der Waals surface area contributed by atoms with E-state index in [1.165, 1.54) is 13.8 Å². The summed E-state index contributed by atoms with van der Waals surface area (Å²) in [5.74, 6) is -0.841. The van der Waals surface area contributed by atoms with Crippen molar-refractivity contribution < 1.29 is 14.1 Å². The van der Waals surface area contributed by atoms with Crippen molar-refractivity contribution in [3.05, 3.63) is 42.1 Å². The quantitative estimate of drug-likeness (QED) is 0.931. The van der Waals surface area contributed by atoms with Gasteiger partial charge in [0.15, 0.2) is 0 Å². The van der Waals surface area contributed by atoms with Crippen molar-refractivity contribution in [3.8, 4) is 0 Å². The Labute approximate surface area is 113 Å². The topological polar surface area (TPSA) is 67.3 Å². The van der Waals surface area contributed by atoms with E-state index in [9.17, 15) is 9.00 Å². The Morgan fingerprint density at radius 2 is 2.00 bits per heavy atom. The number of carboxylic acids is 1. The van der Waals surface area contributed by atoms with E-state index in [-0.39, 0.29) is 5.75 Å². The number of carbonyl (C=O) groups is 1. The van der Waals surface area contributed by atoms with Crippen LogP contribution in [-0.4, -0.2) is 25.0 Å². The number of aliphatic carboxylic acids is 1. The zero-order chi connectivity index (χ0) is 14.0. The lowest BCUT2D eigenvalue weighted by atomic mass is 10.1. The summed E-state index contributed by atoms with van der Waals surface area (Å²) in [7, 11) is -1.49. The predicted octanol–water partition coefficient (Wildman–Crippen LogP) is 2.35. The van der Waals surface area contributed by atoms with Crippen molar-refractivity contribution in [2.45, 2.75) is 24.3 Å². The minimum Gasteiger partial charge on any atom is -0.480 e. The van der Waals surface area contributed by atoms with E-state index in [0.29, 0.717) is 0 Å². The zero-order valence-electron chi connectivity index (χ0n) is 10.8. The lowest BCUT2D eigenvalue weighted by Gasteiger charge is -2.18. The molecule has 0 bridgehead atoms. The molecule has 1 heterocycles. The highest BCUT2D eigenvalue weighted by molar-refractivity contribution is 7.86. The molecular weight excluding hydrogens is 262 g/mol. The van der Waals surface area contributed by atoms with Crippen LogP contribution in [0, 0.1) is 0 Å². The SMILES string of the molecule is CC(C)(C(=O)O)S(=O)Cc1ccnc2ccccc12. The highest BCUT2D eigenvalue weighted by atomic mass is 32.2. The standard InChI is InChI=1S/C14H15NO3S/c1-14(2,13(16)17)19(18)9-10-7-8-15-12-6-4-3-5-11(10)12/h3-8H,9H2,1-2H3,(H,16,17). The van der Waals surface area contributed by atoms with Crippen LogP contribution < -0.4 is 0 Å². The van der Waals surface area contributed by atoms with Crippen molar-refractivity contribution in [2.75, 3.05) is 0 Å². The lowest BCUT2D eigenvalue weighted by Crippen LogP contribution is -2.37. The van der Waals surface area contributed by atoms with Crippen molar-refractivity contribution in [1.29, 1.82) is 0 Å². The third-order valence-electron chi connectivity index (χ3n) is 3.11. The molecule has 2 rings (SSSR count). The van der Waals surface area contributed by atoms with Gasteiger partial charge in [-0.05, 0) is 31.5 Å². The second kappa shape index (κ2) is 5.09. The van der Waals surface area contributed by atoms with E-state index in [4.69, 9.17) is 5.11 Å². The van der Waals surface area contributed by atoms with Gasteiger partial charge in [-0.1, -0.05) is 18.2 Å². The van der Waals surface area contributed by atoms with Crippen LogP contribution in [-0.2, 0) is 21.3 Å². The maximum absolute atomic E-state index is 12.2. The first-order valence-electron chi connectivity index (χ1n) is 5.87. The van der Waals surface area contributed by atoms with Crippen LogP contribution in [0.3, 0.4) is 0 Å². The first kappa shape index (κ1) is 13.7. The molecule has 4 nitrogen and oxygen atoms in total. The van der Waals surface area contributed by atoms with Gasteiger partial charge in [-0.25, -0.2) is 0 Å². The van der Waals surface area contributed by atoms with Gasteiger partial charge in [-0.3, -0.25) is 14.0 Å².